The van der Waals surface area contributed by atoms with Crippen molar-refractivity contribution >= 4 is 196 Å². The Morgan fingerprint density at radius 1 is 0.333 bits per heavy atom. The van der Waals surface area contributed by atoms with Gasteiger partial charge in [0.1, 0.15) is 52.9 Å². The Balaban J connectivity index is 0.000000134. The van der Waals surface area contributed by atoms with Crippen molar-refractivity contribution in [1.29, 1.82) is 0 Å². The molecule has 4 aliphatic heterocycles. The minimum atomic E-state index is -0.525. The zero-order valence-corrected chi connectivity index (χ0v) is 87.4. The second-order valence-corrected chi connectivity index (χ2v) is 40.4. The largest absolute Gasteiger partial charge is 0.494 e. The van der Waals surface area contributed by atoms with Crippen LogP contribution in [0.4, 0.5) is 41.0 Å². The maximum absolute atomic E-state index is 13.4. The predicted octanol–water partition coefficient (Wildman–Crippen LogP) is 27.9. The molecule has 12 aromatic carbocycles. The van der Waals surface area contributed by atoms with Gasteiger partial charge in [-0.05, 0) is 337 Å². The molecule has 7 N–H and O–H groups in total. The van der Waals surface area contributed by atoms with E-state index in [-0.39, 0.29) is 36.4 Å². The van der Waals surface area contributed by atoms with Crippen molar-refractivity contribution in [3.8, 4) is 28.7 Å². The standard InChI is InChI=1S/C29H29Cl2N3O3.C28H26Cl2N4O3.C28H25Cl2N3O4.C28H25Cl2N3O3/c1-33(2)15-3-17-36-22-9-4-19(5-10-22)28-27-24(25-18-21(31)8-13-26(25)32-27)14-16-34(28)29(35)37-23-11-6-20(30)7-12-23;1-33(2)16-25(35)31-20-8-3-17(4-9-20)27-26-22(23-15-19(30)7-12-24(23)32-26)13-14-34(27)28(36)37-21-10-5-18(29)6-11-21;1-16(2)36-27(34)31-20-8-3-17(4-9-20)26-25-22(23-15-19(30)7-12-24(23)32-25)13-14-33(26)28(35)37-21-10-5-18(29)6-11-21;1-16(2)27(34)31-20-8-3-17(4-9-20)26-25-22(23-15-19(30)7-12-24(23)32-25)13-14-33(26)28(35)36-21-10-5-18(29)6-11-21/h4-13,18,28,32H,3,14-17H2,1-2H3;3-12,15,27,32H,13-14,16H2,1-2H3,(H,31,35);3-12,15-16,26,32H,13-14H2,1-2H3,(H,31,34);3-12,15-16,26,32H,13-14H2,1-2H3,(H,31,34). The molecule has 0 bridgehead atoms. The Morgan fingerprint density at radius 3 is 0.871 bits per heavy atom. The summed E-state index contributed by atoms with van der Waals surface area (Å²) in [7, 11) is 7.78. The van der Waals surface area contributed by atoms with Gasteiger partial charge >= 0.3 is 30.5 Å². The summed E-state index contributed by atoms with van der Waals surface area (Å²) < 4.78 is 34.0. The van der Waals surface area contributed by atoms with Gasteiger partial charge in [0, 0.05) is 162 Å². The van der Waals surface area contributed by atoms with Gasteiger partial charge in [0.15, 0.2) is 0 Å². The fourth-order valence-corrected chi connectivity index (χ4v) is 19.8. The number of ether oxygens (including phenoxy) is 6. The SMILES string of the molecule is CC(C)C(=O)Nc1ccc(C2c3[nH]c4ccc(Cl)cc4c3CCN2C(=O)Oc2ccc(Cl)cc2)cc1.CC(C)OC(=O)Nc1ccc(C2c3[nH]c4ccc(Cl)cc4c3CCN2C(=O)Oc2ccc(Cl)cc2)cc1.CN(C)CC(=O)Nc1ccc(C2c3[nH]c4ccc(Cl)cc4c3CCN2C(=O)Oc2ccc(Cl)cc2)cc1.CN(C)CCCOc1ccc(C2c3[nH]c4ccc(Cl)cc4c3CCN2C(=O)Oc2ccc(Cl)cc2)cc1. The number of aromatic amines is 4. The zero-order chi connectivity index (χ0) is 104. The van der Waals surface area contributed by atoms with E-state index in [1.807, 2.05) is 186 Å². The third-order valence-electron chi connectivity index (χ3n) is 25.4. The van der Waals surface area contributed by atoms with Crippen LogP contribution in [0.5, 0.6) is 28.7 Å². The molecule has 0 saturated heterocycles. The van der Waals surface area contributed by atoms with Gasteiger partial charge in [0.2, 0.25) is 11.8 Å². The Hall–Kier alpha value is -13.9. The summed E-state index contributed by atoms with van der Waals surface area (Å²) in [4.78, 5) is 115. The lowest BCUT2D eigenvalue weighted by Crippen LogP contribution is -2.42. The fraction of sp³-hybridized carbons (Fsp3) is 0.230. The summed E-state index contributed by atoms with van der Waals surface area (Å²) in [5.74, 6) is 2.22. The van der Waals surface area contributed by atoms with Crippen LogP contribution in [0.2, 0.25) is 40.2 Å². The first kappa shape index (κ1) is 105. The van der Waals surface area contributed by atoms with Crippen LogP contribution >= 0.6 is 92.8 Å². The Morgan fingerprint density at radius 2 is 0.599 bits per heavy atom. The van der Waals surface area contributed by atoms with E-state index in [2.05, 4.69) is 54.9 Å². The molecule has 0 spiro atoms. The molecule has 8 heterocycles. The molecule has 0 radical (unpaired) electrons. The van der Waals surface area contributed by atoms with Crippen LogP contribution in [0.1, 0.15) is 126 Å². The molecule has 4 atom stereocenters. The molecule has 4 aliphatic rings. The number of nitrogens with zero attached hydrogens (tertiary/aromatic N) is 6. The van der Waals surface area contributed by atoms with Crippen molar-refractivity contribution in [2.45, 2.75) is 90.1 Å². The van der Waals surface area contributed by atoms with Crippen LogP contribution in [-0.4, -0.2) is 172 Å². The second kappa shape index (κ2) is 46.9. The number of carbonyl (C=O) groups excluding carboxylic acids is 7. The van der Waals surface area contributed by atoms with Gasteiger partial charge in [0.25, 0.3) is 0 Å². The lowest BCUT2D eigenvalue weighted by molar-refractivity contribution is -0.119. The highest BCUT2D eigenvalue weighted by Gasteiger charge is 2.42. The van der Waals surface area contributed by atoms with E-state index in [9.17, 15) is 33.6 Å². The summed E-state index contributed by atoms with van der Waals surface area (Å²) >= 11 is 49.1. The minimum Gasteiger partial charge on any atom is -0.494 e. The van der Waals surface area contributed by atoms with Crippen molar-refractivity contribution in [2.75, 3.05) is 90.0 Å². The third kappa shape index (κ3) is 25.3. The van der Waals surface area contributed by atoms with E-state index in [1.54, 1.807) is 148 Å². The maximum Gasteiger partial charge on any atom is 0.416 e. The predicted molar refractivity (Wildman–Crippen MR) is 582 cm³/mol. The number of halogens is 8. The molecule has 147 heavy (non-hydrogen) atoms. The van der Waals surface area contributed by atoms with E-state index in [0.717, 1.165) is 124 Å². The van der Waals surface area contributed by atoms with Crippen molar-refractivity contribution in [3.05, 3.63) is 374 Å². The number of rotatable bonds is 20. The number of H-pyrrole nitrogens is 4. The number of anilines is 3. The number of amides is 7. The highest BCUT2D eigenvalue weighted by molar-refractivity contribution is 6.33. The number of likely N-dealkylation sites (N-methyl/N-ethyl adjacent to an activating group) is 1. The van der Waals surface area contributed by atoms with Crippen molar-refractivity contribution in [3.63, 3.8) is 0 Å². The van der Waals surface area contributed by atoms with E-state index >= 15 is 0 Å². The van der Waals surface area contributed by atoms with E-state index < -0.39 is 48.6 Å². The number of hydrogen-bond acceptors (Lipinski definition) is 15. The Labute approximate surface area is 889 Å². The highest BCUT2D eigenvalue weighted by atomic mass is 35.5. The average Bonchev–Trinajstić information content (AvgIpc) is 1.63. The van der Waals surface area contributed by atoms with Gasteiger partial charge in [-0.3, -0.25) is 34.5 Å². The molecular weight excluding hydrogens is 2030 g/mol. The van der Waals surface area contributed by atoms with E-state index in [0.29, 0.717) is 139 Å². The molecule has 20 rings (SSSR count). The van der Waals surface area contributed by atoms with Crippen LogP contribution in [0.15, 0.2) is 267 Å². The number of aromatic nitrogens is 4. The first-order chi connectivity index (χ1) is 70.7. The van der Waals surface area contributed by atoms with Gasteiger partial charge in [-0.1, -0.05) is 155 Å². The normalized spacial score (nSPS) is 15.1. The second-order valence-electron chi connectivity index (χ2n) is 36.9. The highest BCUT2D eigenvalue weighted by Crippen LogP contribution is 2.47. The molecular formula is C113H105Cl8N13O13. The summed E-state index contributed by atoms with van der Waals surface area (Å²) in [5.41, 5.74) is 17.7. The summed E-state index contributed by atoms with van der Waals surface area (Å²) in [6.07, 6.45) is 1.03. The van der Waals surface area contributed by atoms with Crippen LogP contribution in [0.25, 0.3) is 43.6 Å². The quantitative estimate of drug-likeness (QED) is 0.0349. The molecule has 26 nitrogen and oxygen atoms in total. The smallest absolute Gasteiger partial charge is 0.416 e. The molecule has 0 saturated carbocycles. The Bertz CT molecular complexity index is 7250. The molecule has 0 fully saturated rings. The van der Waals surface area contributed by atoms with E-state index in [4.69, 9.17) is 121 Å². The maximum atomic E-state index is 13.4. The van der Waals surface area contributed by atoms with Crippen molar-refractivity contribution < 1.29 is 62.0 Å². The summed E-state index contributed by atoms with van der Waals surface area (Å²) in [5, 5.41) is 17.7. The molecule has 34 heteroatoms. The third-order valence-corrected chi connectivity index (χ3v) is 27.3. The molecule has 0 aliphatic carbocycles. The van der Waals surface area contributed by atoms with Crippen LogP contribution in [0, 0.1) is 5.92 Å². The molecule has 4 aromatic heterocycles. The average molecular weight is 2140 g/mol. The topological polar surface area (TPSA) is 294 Å². The minimum absolute atomic E-state index is 0.0524. The number of fused-ring (bicyclic) bond motifs is 12. The number of hydrogen-bond donors (Lipinski definition) is 7. The zero-order valence-electron chi connectivity index (χ0n) is 81.4. The molecule has 16 aromatic rings. The van der Waals surface area contributed by atoms with Crippen LogP contribution in [0.3, 0.4) is 0 Å². The lowest BCUT2D eigenvalue weighted by atomic mass is 9.92. The number of carbonyl (C=O) groups is 7. The van der Waals surface area contributed by atoms with Crippen molar-refractivity contribution in [1.82, 2.24) is 49.3 Å². The molecule has 7 amide bonds. The van der Waals surface area contributed by atoms with Crippen molar-refractivity contribution in [2.24, 2.45) is 5.92 Å². The molecule has 756 valence electrons. The summed E-state index contributed by atoms with van der Waals surface area (Å²) in [6, 6.07) is 78.7. The monoisotopic (exact) mass is 2130 g/mol. The van der Waals surface area contributed by atoms with Crippen LogP contribution in [-0.2, 0) is 40.0 Å². The Kier molecular flexibility index (Phi) is 33.3. The van der Waals surface area contributed by atoms with Gasteiger partial charge in [-0.15, -0.1) is 0 Å². The number of nitrogens with one attached hydrogen (secondary N) is 7. The summed E-state index contributed by atoms with van der Waals surface area (Å²) in [6.45, 7) is 11.1. The fourth-order valence-electron chi connectivity index (χ4n) is 18.6. The van der Waals surface area contributed by atoms with E-state index in [1.165, 1.54) is 5.56 Å². The van der Waals surface area contributed by atoms with Crippen LogP contribution < -0.4 is 39.6 Å². The van der Waals surface area contributed by atoms with Gasteiger partial charge < -0.3 is 68.8 Å². The molecule has 4 unspecified atom stereocenters. The first-order valence-corrected chi connectivity index (χ1v) is 50.8. The lowest BCUT2D eigenvalue weighted by Gasteiger charge is -2.35. The first-order valence-electron chi connectivity index (χ1n) is 47.8. The van der Waals surface area contributed by atoms with Gasteiger partial charge in [0.05, 0.1) is 19.3 Å². The number of benzene rings is 12. The van der Waals surface area contributed by atoms with Gasteiger partial charge in [-0.25, -0.2) is 24.0 Å². The van der Waals surface area contributed by atoms with Gasteiger partial charge in [-0.2, -0.15) is 0 Å².